The third-order valence-electron chi connectivity index (χ3n) is 4.95. The van der Waals surface area contributed by atoms with E-state index in [0.29, 0.717) is 38.7 Å². The standard InChI is InChI=1S/C26H25Cl3N2O3/c1-4-33-24-12-19(14-30-31-25(32)13-20-7-5-16(2)9-17(20)3)11-23(29)26(24)34-15-18-6-8-21(27)22(28)10-18/h5-12,14H,4,13,15H2,1-3H3,(H,31,32)/b30-14+. The van der Waals surface area contributed by atoms with Gasteiger partial charge >= 0.3 is 0 Å². The van der Waals surface area contributed by atoms with E-state index in [-0.39, 0.29) is 18.9 Å². The molecule has 3 aromatic carbocycles. The van der Waals surface area contributed by atoms with E-state index in [1.807, 2.05) is 45.0 Å². The minimum absolute atomic E-state index is 0.207. The van der Waals surface area contributed by atoms with Crippen LogP contribution >= 0.6 is 34.8 Å². The largest absolute Gasteiger partial charge is 0.490 e. The predicted octanol–water partition coefficient (Wildman–Crippen LogP) is 6.93. The number of aryl methyl sites for hydroxylation is 2. The van der Waals surface area contributed by atoms with Gasteiger partial charge in [0.05, 0.1) is 34.3 Å². The van der Waals surface area contributed by atoms with Crippen molar-refractivity contribution in [2.75, 3.05) is 6.61 Å². The first-order valence-electron chi connectivity index (χ1n) is 10.7. The van der Waals surface area contributed by atoms with E-state index in [9.17, 15) is 4.79 Å². The second-order valence-corrected chi connectivity index (χ2v) is 8.92. The molecule has 3 aromatic rings. The lowest BCUT2D eigenvalue weighted by Gasteiger charge is -2.14. The zero-order chi connectivity index (χ0) is 24.7. The average Bonchev–Trinajstić information content (AvgIpc) is 2.78. The number of halogens is 3. The number of nitrogens with zero attached hydrogens (tertiary/aromatic N) is 1. The number of benzene rings is 3. The fourth-order valence-corrected chi connectivity index (χ4v) is 3.88. The molecular weight excluding hydrogens is 495 g/mol. The quantitative estimate of drug-likeness (QED) is 0.246. The molecule has 0 fully saturated rings. The zero-order valence-corrected chi connectivity index (χ0v) is 21.4. The van der Waals surface area contributed by atoms with Gasteiger partial charge in [-0.1, -0.05) is 64.6 Å². The summed E-state index contributed by atoms with van der Waals surface area (Å²) in [6.45, 7) is 6.53. The Bertz CT molecular complexity index is 1210. The molecule has 8 heteroatoms. The topological polar surface area (TPSA) is 59.9 Å². The number of rotatable bonds is 9. The molecule has 0 bridgehead atoms. The monoisotopic (exact) mass is 518 g/mol. The molecule has 34 heavy (non-hydrogen) atoms. The van der Waals surface area contributed by atoms with E-state index in [2.05, 4.69) is 10.5 Å². The van der Waals surface area contributed by atoms with Crippen molar-refractivity contribution in [3.05, 3.63) is 91.4 Å². The van der Waals surface area contributed by atoms with Crippen molar-refractivity contribution in [3.8, 4) is 11.5 Å². The first kappa shape index (κ1) is 25.9. The van der Waals surface area contributed by atoms with E-state index in [4.69, 9.17) is 44.3 Å². The van der Waals surface area contributed by atoms with Crippen LogP contribution in [0.2, 0.25) is 15.1 Å². The van der Waals surface area contributed by atoms with E-state index in [1.165, 1.54) is 6.21 Å². The number of hydrazone groups is 1. The van der Waals surface area contributed by atoms with Gasteiger partial charge in [0, 0.05) is 0 Å². The second-order valence-electron chi connectivity index (χ2n) is 7.70. The fourth-order valence-electron chi connectivity index (χ4n) is 3.29. The highest BCUT2D eigenvalue weighted by Gasteiger charge is 2.13. The Hall–Kier alpha value is -2.73. The maximum absolute atomic E-state index is 12.3. The molecule has 0 aliphatic carbocycles. The lowest BCUT2D eigenvalue weighted by atomic mass is 10.0. The van der Waals surface area contributed by atoms with Crippen molar-refractivity contribution >= 4 is 46.9 Å². The van der Waals surface area contributed by atoms with Crippen LogP contribution in [0.5, 0.6) is 11.5 Å². The summed E-state index contributed by atoms with van der Waals surface area (Å²) in [7, 11) is 0. The van der Waals surface area contributed by atoms with Gasteiger partial charge in [-0.25, -0.2) is 5.43 Å². The minimum atomic E-state index is -0.207. The van der Waals surface area contributed by atoms with Crippen molar-refractivity contribution < 1.29 is 14.3 Å². The maximum atomic E-state index is 12.3. The molecule has 0 saturated carbocycles. The lowest BCUT2D eigenvalue weighted by molar-refractivity contribution is -0.120. The molecule has 5 nitrogen and oxygen atoms in total. The van der Waals surface area contributed by atoms with Crippen molar-refractivity contribution in [2.24, 2.45) is 5.10 Å². The van der Waals surface area contributed by atoms with Gasteiger partial charge in [-0.3, -0.25) is 4.79 Å². The van der Waals surface area contributed by atoms with Crippen molar-refractivity contribution in [2.45, 2.75) is 33.8 Å². The van der Waals surface area contributed by atoms with Gasteiger partial charge in [0.2, 0.25) is 5.91 Å². The molecule has 178 valence electrons. The highest BCUT2D eigenvalue weighted by Crippen LogP contribution is 2.37. The van der Waals surface area contributed by atoms with Gasteiger partial charge in [-0.05, 0) is 67.3 Å². The number of hydrogen-bond donors (Lipinski definition) is 1. The van der Waals surface area contributed by atoms with E-state index in [0.717, 1.165) is 22.3 Å². The van der Waals surface area contributed by atoms with Crippen LogP contribution in [0.3, 0.4) is 0 Å². The van der Waals surface area contributed by atoms with Crippen LogP contribution in [0.4, 0.5) is 0 Å². The van der Waals surface area contributed by atoms with E-state index in [1.54, 1.807) is 24.3 Å². The van der Waals surface area contributed by atoms with Crippen LogP contribution in [0.15, 0.2) is 53.6 Å². The molecule has 0 radical (unpaired) electrons. The molecule has 0 unspecified atom stereocenters. The molecule has 0 atom stereocenters. The highest BCUT2D eigenvalue weighted by molar-refractivity contribution is 6.42. The molecule has 0 heterocycles. The van der Waals surface area contributed by atoms with Crippen LogP contribution < -0.4 is 14.9 Å². The molecule has 3 rings (SSSR count). The van der Waals surface area contributed by atoms with Gasteiger partial charge in [-0.2, -0.15) is 5.10 Å². The van der Waals surface area contributed by atoms with Gasteiger partial charge in [0.15, 0.2) is 11.5 Å². The Kier molecular flexibility index (Phi) is 9.22. The summed E-state index contributed by atoms with van der Waals surface area (Å²) < 4.78 is 11.6. The number of nitrogens with one attached hydrogen (secondary N) is 1. The number of amides is 1. The Morgan fingerprint density at radius 3 is 2.47 bits per heavy atom. The van der Waals surface area contributed by atoms with Crippen molar-refractivity contribution in [1.29, 1.82) is 0 Å². The first-order chi connectivity index (χ1) is 16.3. The summed E-state index contributed by atoms with van der Waals surface area (Å²) in [5.41, 5.74) is 7.24. The van der Waals surface area contributed by atoms with Gasteiger partial charge in [-0.15, -0.1) is 0 Å². The first-order valence-corrected chi connectivity index (χ1v) is 11.8. The number of carbonyl (C=O) groups is 1. The van der Waals surface area contributed by atoms with E-state index >= 15 is 0 Å². The third-order valence-corrected chi connectivity index (χ3v) is 5.97. The van der Waals surface area contributed by atoms with Gasteiger partial charge in [0.25, 0.3) is 0 Å². The molecule has 0 spiro atoms. The normalized spacial score (nSPS) is 11.0. The SMILES string of the molecule is CCOc1cc(/C=N/NC(=O)Cc2ccc(C)cc2C)cc(Cl)c1OCc1ccc(Cl)c(Cl)c1. The number of hydrogen-bond acceptors (Lipinski definition) is 4. The molecule has 1 N–H and O–H groups in total. The predicted molar refractivity (Wildman–Crippen MR) is 139 cm³/mol. The Balaban J connectivity index is 1.68. The van der Waals surface area contributed by atoms with Crippen LogP contribution in [0, 0.1) is 13.8 Å². The summed E-state index contributed by atoms with van der Waals surface area (Å²) in [5, 5.41) is 5.34. The smallest absolute Gasteiger partial charge is 0.244 e. The molecule has 0 aliphatic rings. The summed E-state index contributed by atoms with van der Waals surface area (Å²) >= 11 is 18.5. The average molecular weight is 520 g/mol. The molecule has 0 aromatic heterocycles. The maximum Gasteiger partial charge on any atom is 0.244 e. The molecule has 0 saturated heterocycles. The lowest BCUT2D eigenvalue weighted by Crippen LogP contribution is -2.20. The van der Waals surface area contributed by atoms with Crippen molar-refractivity contribution in [1.82, 2.24) is 5.43 Å². The second kappa shape index (κ2) is 12.1. The Morgan fingerprint density at radius 1 is 0.971 bits per heavy atom. The zero-order valence-electron chi connectivity index (χ0n) is 19.1. The minimum Gasteiger partial charge on any atom is -0.490 e. The molecule has 1 amide bonds. The molecule has 0 aliphatic heterocycles. The van der Waals surface area contributed by atoms with Gasteiger partial charge in [0.1, 0.15) is 6.61 Å². The van der Waals surface area contributed by atoms with Crippen molar-refractivity contribution in [3.63, 3.8) is 0 Å². The summed E-state index contributed by atoms with van der Waals surface area (Å²) in [4.78, 5) is 12.3. The summed E-state index contributed by atoms with van der Waals surface area (Å²) in [6, 6.07) is 14.7. The van der Waals surface area contributed by atoms with Gasteiger partial charge < -0.3 is 9.47 Å². The summed E-state index contributed by atoms with van der Waals surface area (Å²) in [6.07, 6.45) is 1.76. The third kappa shape index (κ3) is 7.13. The Morgan fingerprint density at radius 2 is 1.76 bits per heavy atom. The summed E-state index contributed by atoms with van der Waals surface area (Å²) in [5.74, 6) is 0.671. The van der Waals surface area contributed by atoms with Crippen LogP contribution in [0.1, 0.15) is 34.7 Å². The van der Waals surface area contributed by atoms with Crippen LogP contribution in [-0.4, -0.2) is 18.7 Å². The highest BCUT2D eigenvalue weighted by atomic mass is 35.5. The number of ether oxygens (including phenoxy) is 2. The Labute approximate surface area is 214 Å². The van der Waals surface area contributed by atoms with Crippen LogP contribution in [0.25, 0.3) is 0 Å². The fraction of sp³-hybridized carbons (Fsp3) is 0.231. The molecular formula is C26H25Cl3N2O3. The van der Waals surface area contributed by atoms with Crippen LogP contribution in [-0.2, 0) is 17.8 Å². The van der Waals surface area contributed by atoms with E-state index < -0.39 is 0 Å². The number of carbonyl (C=O) groups excluding carboxylic acids is 1.